The van der Waals surface area contributed by atoms with Crippen LogP contribution < -0.4 is 9.47 Å². The maximum Gasteiger partial charge on any atom is 0.157 e. The van der Waals surface area contributed by atoms with Crippen LogP contribution in [0.15, 0.2) is 103 Å². The highest BCUT2D eigenvalue weighted by Crippen LogP contribution is 2.47. The average molecular weight is 649 g/mol. The Morgan fingerprint density at radius 3 is 2.15 bits per heavy atom. The van der Waals surface area contributed by atoms with E-state index in [4.69, 9.17) is 18.9 Å². The van der Waals surface area contributed by atoms with Crippen LogP contribution in [0.1, 0.15) is 106 Å². The Hall–Kier alpha value is -3.60. The Kier molecular flexibility index (Phi) is 14.0. The summed E-state index contributed by atoms with van der Waals surface area (Å²) >= 11 is 0. The fourth-order valence-electron chi connectivity index (χ4n) is 7.13. The van der Waals surface area contributed by atoms with Crippen molar-refractivity contribution in [1.82, 2.24) is 0 Å². The molecule has 3 aliphatic rings. The van der Waals surface area contributed by atoms with Gasteiger partial charge < -0.3 is 18.9 Å². The molecule has 2 aliphatic carbocycles. The molecule has 0 aromatic heterocycles. The molecule has 1 heterocycles. The van der Waals surface area contributed by atoms with Crippen molar-refractivity contribution < 1.29 is 18.9 Å². The second-order valence-corrected chi connectivity index (χ2v) is 12.8. The monoisotopic (exact) mass is 648 g/mol. The minimum atomic E-state index is 0.0170. The van der Waals surface area contributed by atoms with Crippen molar-refractivity contribution in [2.75, 3.05) is 19.8 Å². The smallest absolute Gasteiger partial charge is 0.157 e. The van der Waals surface area contributed by atoms with Gasteiger partial charge in [-0.2, -0.15) is 0 Å². The molecule has 256 valence electrons. The van der Waals surface area contributed by atoms with Gasteiger partial charge in [-0.15, -0.1) is 0 Å². The first-order valence-electron chi connectivity index (χ1n) is 18.6. The van der Waals surface area contributed by atoms with Crippen LogP contribution in [-0.4, -0.2) is 26.1 Å². The van der Waals surface area contributed by atoms with Crippen LogP contribution in [0.5, 0.6) is 11.5 Å². The Labute approximate surface area is 289 Å². The van der Waals surface area contributed by atoms with Crippen LogP contribution in [0.2, 0.25) is 0 Å². The maximum atomic E-state index is 6.28. The van der Waals surface area contributed by atoms with Gasteiger partial charge >= 0.3 is 0 Å². The molecule has 0 spiro atoms. The van der Waals surface area contributed by atoms with E-state index in [0.717, 1.165) is 63.4 Å². The number of ether oxygens (including phenoxy) is 4. The van der Waals surface area contributed by atoms with Gasteiger partial charge in [0.25, 0.3) is 0 Å². The van der Waals surface area contributed by atoms with Crippen LogP contribution in [0.25, 0.3) is 0 Å². The Morgan fingerprint density at radius 2 is 1.42 bits per heavy atom. The lowest BCUT2D eigenvalue weighted by atomic mass is 9.69. The molecule has 1 saturated heterocycles. The Balaban J connectivity index is 0.00000109. The predicted octanol–water partition coefficient (Wildman–Crippen LogP) is 11.1. The van der Waals surface area contributed by atoms with E-state index in [2.05, 4.69) is 97.1 Å². The van der Waals surface area contributed by atoms with E-state index >= 15 is 0 Å². The van der Waals surface area contributed by atoms with E-state index < -0.39 is 0 Å². The van der Waals surface area contributed by atoms with Gasteiger partial charge in [-0.05, 0) is 115 Å². The summed E-state index contributed by atoms with van der Waals surface area (Å²) in [6.45, 7) is 11.0. The summed E-state index contributed by atoms with van der Waals surface area (Å²) in [5, 5.41) is 0. The van der Waals surface area contributed by atoms with E-state index in [9.17, 15) is 0 Å². The molecule has 48 heavy (non-hydrogen) atoms. The zero-order valence-corrected chi connectivity index (χ0v) is 29.6. The Morgan fingerprint density at radius 1 is 0.688 bits per heavy atom. The molecule has 4 aromatic carbocycles. The van der Waals surface area contributed by atoms with E-state index in [1.165, 1.54) is 40.7 Å². The molecule has 4 heteroatoms. The van der Waals surface area contributed by atoms with Crippen molar-refractivity contribution in [1.29, 1.82) is 0 Å². The molecule has 5 atom stereocenters. The standard InChI is InChI=1S/C40H44O4.2C2H6/c1-3-9-29(10-4-1)27-43-36-19-21-38-33(26-36)16-20-37(30-11-5-2-6-12-30)40(38)31-14-17-35(18-15-31)44-28-34-25-32(34)22-24-42-39-13-7-8-23-41-39;2*1-2/h1-6,9-12,14-15,17-19,21,26,32,34,37,39-40H,7-8,13,16,20,22-25,27-28H2;2*1-2H3/t32-,34?,37?,39?,40?;;/m1../s1. The summed E-state index contributed by atoms with van der Waals surface area (Å²) in [6.07, 6.45) is 7.94. The van der Waals surface area contributed by atoms with Gasteiger partial charge in [0.1, 0.15) is 18.1 Å². The zero-order valence-electron chi connectivity index (χ0n) is 29.6. The number of benzene rings is 4. The predicted molar refractivity (Wildman–Crippen MR) is 197 cm³/mol. The number of hydrogen-bond donors (Lipinski definition) is 0. The number of hydrogen-bond acceptors (Lipinski definition) is 4. The maximum absolute atomic E-state index is 6.28. The quantitative estimate of drug-likeness (QED) is 0.153. The van der Waals surface area contributed by atoms with Gasteiger partial charge in [0.05, 0.1) is 13.2 Å². The SMILES string of the molecule is CC.CC.c1ccc(COc2ccc3c(c2)CCC(c2ccccc2)C3c2ccc(OCC3C[C@H]3CCOC3CCCCO3)cc2)cc1. The highest BCUT2D eigenvalue weighted by molar-refractivity contribution is 5.48. The summed E-state index contributed by atoms with van der Waals surface area (Å²) in [5.41, 5.74) is 6.74. The first-order valence-corrected chi connectivity index (χ1v) is 18.6. The highest BCUT2D eigenvalue weighted by atomic mass is 16.7. The largest absolute Gasteiger partial charge is 0.493 e. The highest BCUT2D eigenvalue weighted by Gasteiger charge is 2.37. The molecular weight excluding hydrogens is 592 g/mol. The fraction of sp³-hybridized carbons (Fsp3) is 0.455. The molecule has 0 radical (unpaired) electrons. The zero-order chi connectivity index (χ0) is 33.6. The van der Waals surface area contributed by atoms with E-state index in [0.29, 0.717) is 30.3 Å². The molecule has 0 N–H and O–H groups in total. The van der Waals surface area contributed by atoms with Crippen LogP contribution in [0, 0.1) is 11.8 Å². The van der Waals surface area contributed by atoms with Gasteiger partial charge in [0.2, 0.25) is 0 Å². The van der Waals surface area contributed by atoms with Crippen molar-refractivity contribution in [3.8, 4) is 11.5 Å². The summed E-state index contributed by atoms with van der Waals surface area (Å²) in [4.78, 5) is 0. The van der Waals surface area contributed by atoms with Crippen molar-refractivity contribution in [2.24, 2.45) is 11.8 Å². The summed E-state index contributed by atoms with van der Waals surface area (Å²) < 4.78 is 24.1. The first kappa shape index (κ1) is 35.7. The van der Waals surface area contributed by atoms with Crippen molar-refractivity contribution in [3.63, 3.8) is 0 Å². The summed E-state index contributed by atoms with van der Waals surface area (Å²) in [5.74, 6) is 3.98. The Bertz CT molecular complexity index is 1460. The lowest BCUT2D eigenvalue weighted by Gasteiger charge is -2.35. The molecule has 4 nitrogen and oxygen atoms in total. The van der Waals surface area contributed by atoms with Gasteiger partial charge in [-0.3, -0.25) is 0 Å². The molecular formula is C44H56O4. The van der Waals surface area contributed by atoms with Crippen molar-refractivity contribution in [2.45, 2.75) is 97.4 Å². The first-order chi connectivity index (χ1) is 23.8. The van der Waals surface area contributed by atoms with Gasteiger partial charge in [-0.25, -0.2) is 0 Å². The normalized spacial score (nSPS) is 22.5. The molecule has 0 amide bonds. The molecule has 7 rings (SSSR count). The third-order valence-electron chi connectivity index (χ3n) is 9.76. The molecule has 4 aromatic rings. The second kappa shape index (κ2) is 18.8. The minimum Gasteiger partial charge on any atom is -0.493 e. The molecule has 1 aliphatic heterocycles. The molecule has 4 unspecified atom stereocenters. The topological polar surface area (TPSA) is 36.9 Å². The van der Waals surface area contributed by atoms with Gasteiger partial charge in [0, 0.05) is 12.5 Å². The minimum absolute atomic E-state index is 0.0170. The second-order valence-electron chi connectivity index (χ2n) is 12.8. The number of aryl methyl sites for hydroxylation is 1. The molecule has 2 fully saturated rings. The van der Waals surface area contributed by atoms with Crippen LogP contribution in [0.4, 0.5) is 0 Å². The van der Waals surface area contributed by atoms with Gasteiger partial charge in [0.15, 0.2) is 6.29 Å². The van der Waals surface area contributed by atoms with E-state index in [1.807, 2.05) is 33.8 Å². The average Bonchev–Trinajstić information content (AvgIpc) is 3.93. The number of fused-ring (bicyclic) bond motifs is 1. The summed E-state index contributed by atoms with van der Waals surface area (Å²) in [7, 11) is 0. The molecule has 0 bridgehead atoms. The van der Waals surface area contributed by atoms with Crippen LogP contribution in [-0.2, 0) is 22.5 Å². The fourth-order valence-corrected chi connectivity index (χ4v) is 7.13. The summed E-state index contributed by atoms with van der Waals surface area (Å²) in [6, 6.07) is 37.0. The van der Waals surface area contributed by atoms with Crippen molar-refractivity contribution in [3.05, 3.63) is 131 Å². The van der Waals surface area contributed by atoms with Gasteiger partial charge in [-0.1, -0.05) is 107 Å². The van der Waals surface area contributed by atoms with Crippen LogP contribution in [0.3, 0.4) is 0 Å². The third kappa shape index (κ3) is 9.74. The third-order valence-corrected chi connectivity index (χ3v) is 9.76. The lowest BCUT2D eigenvalue weighted by molar-refractivity contribution is -0.163. The lowest BCUT2D eigenvalue weighted by Crippen LogP contribution is -2.22. The molecule has 1 saturated carbocycles. The number of rotatable bonds is 12. The van der Waals surface area contributed by atoms with E-state index in [-0.39, 0.29) is 6.29 Å². The van der Waals surface area contributed by atoms with Crippen molar-refractivity contribution >= 4 is 0 Å². The van der Waals surface area contributed by atoms with Crippen LogP contribution >= 0.6 is 0 Å². The van der Waals surface area contributed by atoms with E-state index in [1.54, 1.807) is 0 Å².